The molecule has 1 aromatic rings. The zero-order chi connectivity index (χ0) is 13.4. The van der Waals surface area contributed by atoms with E-state index in [9.17, 15) is 4.57 Å². The number of hydrogen-bond acceptors (Lipinski definition) is 4. The van der Waals surface area contributed by atoms with Gasteiger partial charge in [-0.3, -0.25) is 4.57 Å². The van der Waals surface area contributed by atoms with Gasteiger partial charge in [-0.1, -0.05) is 22.3 Å². The monoisotopic (exact) mass is 353 g/mol. The highest BCUT2D eigenvalue weighted by Gasteiger charge is 2.21. The summed E-state index contributed by atoms with van der Waals surface area (Å²) in [5, 5.41) is 7.30. The third-order valence-corrected chi connectivity index (χ3v) is 5.11. The van der Waals surface area contributed by atoms with Crippen LogP contribution in [0.3, 0.4) is 0 Å². The number of nitrogen functional groups attached to an aromatic ring is 1. The van der Waals surface area contributed by atoms with Gasteiger partial charge in [-0.2, -0.15) is 0 Å². The van der Waals surface area contributed by atoms with Crippen LogP contribution >= 0.6 is 34.9 Å². The van der Waals surface area contributed by atoms with Crippen LogP contribution in [-0.2, 0) is 15.7 Å². The second-order valence-corrected chi connectivity index (χ2v) is 7.62. The number of hydrogen-bond donors (Lipinski definition) is 3. The highest BCUT2D eigenvalue weighted by molar-refractivity contribution is 9.09. The Bertz CT molecular complexity index is 395. The molecule has 102 valence electrons. The number of anilines is 1. The average Bonchev–Trinajstić information content (AvgIpc) is 2.78. The molecule has 9 heteroatoms. The number of halogens is 1. The van der Waals surface area contributed by atoms with Gasteiger partial charge < -0.3 is 10.3 Å². The van der Waals surface area contributed by atoms with Gasteiger partial charge in [0, 0.05) is 16.8 Å². The first-order valence-corrected chi connectivity index (χ1v) is 9.31. The van der Waals surface area contributed by atoms with E-state index in [1.54, 1.807) is 0 Å². The van der Waals surface area contributed by atoms with Gasteiger partial charge in [-0.05, 0) is 18.7 Å². The Morgan fingerprint density at radius 2 is 2.17 bits per heavy atom. The Hall–Kier alpha value is 0.155. The van der Waals surface area contributed by atoms with Crippen molar-refractivity contribution in [2.45, 2.75) is 12.9 Å². The van der Waals surface area contributed by atoms with E-state index in [-0.39, 0.29) is 0 Å². The first kappa shape index (κ1) is 16.2. The van der Waals surface area contributed by atoms with Crippen LogP contribution in [0.15, 0.2) is 12.1 Å². The molecule has 0 aliphatic carbocycles. The Morgan fingerprint density at radius 3 is 2.72 bits per heavy atom. The van der Waals surface area contributed by atoms with Gasteiger partial charge in [0.15, 0.2) is 0 Å². The van der Waals surface area contributed by atoms with Crippen molar-refractivity contribution in [1.29, 1.82) is 0 Å². The van der Waals surface area contributed by atoms with Crippen LogP contribution in [0, 0.1) is 0 Å². The number of nitrogens with one attached hydrogen (secondary N) is 2. The van der Waals surface area contributed by atoms with Crippen molar-refractivity contribution in [3.63, 3.8) is 0 Å². The molecule has 5 nitrogen and oxygen atoms in total. The zero-order valence-corrected chi connectivity index (χ0v) is 13.6. The maximum atomic E-state index is 12.4. The molecule has 1 unspecified atom stereocenters. The van der Waals surface area contributed by atoms with E-state index >= 15 is 0 Å². The molecule has 1 rings (SSSR count). The van der Waals surface area contributed by atoms with Gasteiger partial charge >= 0.3 is 7.67 Å². The van der Waals surface area contributed by atoms with Crippen molar-refractivity contribution in [3.05, 3.63) is 17.0 Å². The van der Waals surface area contributed by atoms with E-state index in [0.717, 1.165) is 21.5 Å². The summed E-state index contributed by atoms with van der Waals surface area (Å²) in [6.45, 7) is 1.53. The van der Waals surface area contributed by atoms with Crippen LogP contribution in [0.5, 0.6) is 0 Å². The van der Waals surface area contributed by atoms with E-state index < -0.39 is 7.67 Å². The van der Waals surface area contributed by atoms with E-state index in [0.29, 0.717) is 19.7 Å². The number of rotatable bonds is 9. The van der Waals surface area contributed by atoms with Crippen molar-refractivity contribution < 1.29 is 9.09 Å². The highest BCUT2D eigenvalue weighted by atomic mass is 79.9. The highest BCUT2D eigenvalue weighted by Crippen LogP contribution is 2.39. The molecular formula is C9H18BBrN3O2PS. The molecule has 0 aliphatic rings. The minimum Gasteiger partial charge on any atom is -0.391 e. The van der Waals surface area contributed by atoms with Crippen LogP contribution in [0.1, 0.15) is 4.88 Å². The number of nitrogens with two attached hydrogens (primary N) is 1. The summed E-state index contributed by atoms with van der Waals surface area (Å²) in [5.41, 5.74) is 5.63. The normalized spacial score (nSPS) is 14.5. The maximum Gasteiger partial charge on any atom is 0.341 e. The summed E-state index contributed by atoms with van der Waals surface area (Å²) < 4.78 is 17.9. The summed E-state index contributed by atoms with van der Waals surface area (Å²) in [7, 11) is -0.957. The molecule has 0 bridgehead atoms. The lowest BCUT2D eigenvalue weighted by Gasteiger charge is -2.19. The first-order valence-electron chi connectivity index (χ1n) is 5.74. The van der Waals surface area contributed by atoms with E-state index in [1.807, 2.05) is 20.0 Å². The molecule has 1 heterocycles. The lowest BCUT2D eigenvalue weighted by Crippen LogP contribution is -2.26. The lowest BCUT2D eigenvalue weighted by atomic mass is 10.1. The molecule has 0 saturated heterocycles. The SMILES string of the molecule is BCCNP(=O)(NCCBr)OCc1ccc(N)s1. The fourth-order valence-corrected chi connectivity index (χ4v) is 4.05. The Balaban J connectivity index is 2.51. The van der Waals surface area contributed by atoms with Crippen molar-refractivity contribution in [1.82, 2.24) is 10.2 Å². The molecule has 0 radical (unpaired) electrons. The molecule has 0 spiro atoms. The van der Waals surface area contributed by atoms with Crippen molar-refractivity contribution in [2.24, 2.45) is 0 Å². The Labute approximate surface area is 121 Å². The molecule has 0 aliphatic heterocycles. The van der Waals surface area contributed by atoms with Crippen LogP contribution in [0.2, 0.25) is 6.32 Å². The predicted molar refractivity (Wildman–Crippen MR) is 84.3 cm³/mol. The lowest BCUT2D eigenvalue weighted by molar-refractivity contribution is 0.291. The quantitative estimate of drug-likeness (QED) is 0.357. The Morgan fingerprint density at radius 1 is 1.44 bits per heavy atom. The summed E-state index contributed by atoms with van der Waals surface area (Å²) in [6, 6.07) is 3.70. The molecule has 0 fully saturated rings. The van der Waals surface area contributed by atoms with Gasteiger partial charge in [0.1, 0.15) is 7.85 Å². The average molecular weight is 354 g/mol. The number of thiophene rings is 1. The fraction of sp³-hybridized carbons (Fsp3) is 0.556. The Kier molecular flexibility index (Phi) is 7.52. The molecule has 4 N–H and O–H groups in total. The van der Waals surface area contributed by atoms with Gasteiger partial charge in [0.2, 0.25) is 0 Å². The minimum absolute atomic E-state index is 0.297. The molecule has 0 aromatic carbocycles. The zero-order valence-electron chi connectivity index (χ0n) is 10.3. The topological polar surface area (TPSA) is 76.4 Å². The van der Waals surface area contributed by atoms with Gasteiger partial charge in [-0.25, -0.2) is 10.2 Å². The van der Waals surface area contributed by atoms with Gasteiger partial charge in [0.05, 0.1) is 11.6 Å². The second-order valence-electron chi connectivity index (χ2n) is 3.63. The standard InChI is InChI=1S/C9H18BBrN3O2PS/c10-3-5-13-17(15,14-6-4-11)16-7-8-1-2-9(12)18-8/h1-2H,3-7,10,12H2,(H2,13,14,15). The fourth-order valence-electron chi connectivity index (χ4n) is 1.22. The van der Waals surface area contributed by atoms with Crippen LogP contribution in [0.4, 0.5) is 5.00 Å². The molecule has 18 heavy (non-hydrogen) atoms. The molecule has 1 atom stereocenters. The molecule has 1 aromatic heterocycles. The summed E-state index contributed by atoms with van der Waals surface area (Å²) in [4.78, 5) is 0.965. The molecular weight excluding hydrogens is 336 g/mol. The third-order valence-electron chi connectivity index (χ3n) is 2.06. The smallest absolute Gasteiger partial charge is 0.341 e. The largest absolute Gasteiger partial charge is 0.391 e. The van der Waals surface area contributed by atoms with Crippen molar-refractivity contribution in [3.8, 4) is 0 Å². The number of alkyl halides is 1. The van der Waals surface area contributed by atoms with E-state index in [4.69, 9.17) is 10.3 Å². The second kappa shape index (κ2) is 8.35. The summed E-state index contributed by atoms with van der Waals surface area (Å²) >= 11 is 4.73. The van der Waals surface area contributed by atoms with Gasteiger partial charge in [-0.15, -0.1) is 11.3 Å². The van der Waals surface area contributed by atoms with Crippen LogP contribution in [-0.4, -0.2) is 26.3 Å². The molecule has 0 saturated carbocycles. The molecule has 0 amide bonds. The van der Waals surface area contributed by atoms with Crippen molar-refractivity contribution >= 4 is 47.8 Å². The van der Waals surface area contributed by atoms with Crippen molar-refractivity contribution in [2.75, 3.05) is 24.2 Å². The third kappa shape index (κ3) is 5.86. The van der Waals surface area contributed by atoms with Crippen LogP contribution in [0.25, 0.3) is 0 Å². The van der Waals surface area contributed by atoms with Crippen LogP contribution < -0.4 is 15.9 Å². The summed E-state index contributed by atoms with van der Waals surface area (Å²) in [6.07, 6.45) is 0.898. The van der Waals surface area contributed by atoms with Gasteiger partial charge in [0.25, 0.3) is 0 Å². The van der Waals surface area contributed by atoms with E-state index in [2.05, 4.69) is 26.1 Å². The summed E-state index contributed by atoms with van der Waals surface area (Å²) in [5.74, 6) is 0. The van der Waals surface area contributed by atoms with E-state index in [1.165, 1.54) is 11.3 Å². The first-order chi connectivity index (χ1) is 8.59. The predicted octanol–water partition coefficient (Wildman–Crippen LogP) is 1.58. The minimum atomic E-state index is -2.97. The maximum absolute atomic E-state index is 12.4.